The third-order valence-corrected chi connectivity index (χ3v) is 5.88. The smallest absolute Gasteiger partial charge is 0.228 e. The van der Waals surface area contributed by atoms with Crippen molar-refractivity contribution in [1.29, 1.82) is 0 Å². The number of nitrogens with zero attached hydrogens (tertiary/aromatic N) is 6. The summed E-state index contributed by atoms with van der Waals surface area (Å²) in [6.07, 6.45) is 0. The van der Waals surface area contributed by atoms with Crippen molar-refractivity contribution in [3.05, 3.63) is 65.7 Å². The maximum atomic E-state index is 6.61. The summed E-state index contributed by atoms with van der Waals surface area (Å²) in [5.74, 6) is 1.32. The predicted molar refractivity (Wildman–Crippen MR) is 125 cm³/mol. The molecule has 3 heterocycles. The molecule has 1 fully saturated rings. The molecule has 7 heteroatoms. The van der Waals surface area contributed by atoms with Gasteiger partial charge < -0.3 is 15.5 Å². The van der Waals surface area contributed by atoms with Crippen LogP contribution in [0.1, 0.15) is 11.1 Å². The van der Waals surface area contributed by atoms with Crippen LogP contribution in [0, 0.1) is 6.92 Å². The van der Waals surface area contributed by atoms with E-state index in [-0.39, 0.29) is 0 Å². The Balaban J connectivity index is 1.65. The van der Waals surface area contributed by atoms with Crippen molar-refractivity contribution in [2.75, 3.05) is 43.9 Å². The van der Waals surface area contributed by atoms with Gasteiger partial charge in [0.2, 0.25) is 5.95 Å². The number of fused-ring (bicyclic) bond motifs is 1. The van der Waals surface area contributed by atoms with E-state index >= 15 is 0 Å². The molecule has 0 radical (unpaired) electrons. The van der Waals surface area contributed by atoms with E-state index in [4.69, 9.17) is 20.8 Å². The van der Waals surface area contributed by atoms with Gasteiger partial charge in [-0.3, -0.25) is 0 Å². The molecule has 1 saturated heterocycles. The number of rotatable bonds is 4. The Morgan fingerprint density at radius 2 is 1.71 bits per heavy atom. The first-order valence-corrected chi connectivity index (χ1v) is 10.7. The lowest BCUT2D eigenvalue weighted by Crippen LogP contribution is -2.45. The average Bonchev–Trinajstić information content (AvgIpc) is 3.09. The highest BCUT2D eigenvalue weighted by molar-refractivity contribution is 5.99. The number of nitrogen functional groups attached to an aromatic ring is 1. The van der Waals surface area contributed by atoms with E-state index in [2.05, 4.69) is 60.2 Å². The van der Waals surface area contributed by atoms with Crippen molar-refractivity contribution < 1.29 is 0 Å². The summed E-state index contributed by atoms with van der Waals surface area (Å²) in [7, 11) is 2.14. The molecule has 1 aliphatic rings. The first-order valence-electron chi connectivity index (χ1n) is 10.7. The Morgan fingerprint density at radius 1 is 0.935 bits per heavy atom. The molecule has 5 rings (SSSR count). The van der Waals surface area contributed by atoms with Gasteiger partial charge in [0.05, 0.1) is 17.6 Å². The van der Waals surface area contributed by atoms with Crippen LogP contribution < -0.4 is 10.6 Å². The molecule has 0 aliphatic carbocycles. The fraction of sp³-hybridized carbons (Fsp3) is 0.292. The van der Waals surface area contributed by atoms with Gasteiger partial charge in [-0.25, -0.2) is 9.67 Å². The quantitative estimate of drug-likeness (QED) is 0.554. The first-order chi connectivity index (χ1) is 15.1. The van der Waals surface area contributed by atoms with E-state index in [0.29, 0.717) is 18.0 Å². The number of hydrogen-bond donors (Lipinski definition) is 1. The summed E-state index contributed by atoms with van der Waals surface area (Å²) in [6.45, 7) is 6.47. The number of aryl methyl sites for hydroxylation is 1. The van der Waals surface area contributed by atoms with Crippen LogP contribution >= 0.6 is 0 Å². The summed E-state index contributed by atoms with van der Waals surface area (Å²) in [5.41, 5.74) is 11.5. The maximum Gasteiger partial charge on any atom is 0.228 e. The SMILES string of the molecule is Cc1cccc(-c2nc(N3CCN(C)CC3)nc3nn(Cc4ccccc4)c(N)c23)c1. The number of likely N-dealkylation sites (N-methyl/N-ethyl adjacent to an activating group) is 1. The molecule has 2 N–H and O–H groups in total. The molecule has 0 saturated carbocycles. The highest BCUT2D eigenvalue weighted by Gasteiger charge is 2.22. The van der Waals surface area contributed by atoms with Gasteiger partial charge in [0.1, 0.15) is 5.82 Å². The van der Waals surface area contributed by atoms with Crippen LogP contribution in [0.3, 0.4) is 0 Å². The summed E-state index contributed by atoms with van der Waals surface area (Å²) < 4.78 is 1.84. The second-order valence-corrected chi connectivity index (χ2v) is 8.26. The number of hydrogen-bond acceptors (Lipinski definition) is 6. The number of aromatic nitrogens is 4. The average molecular weight is 414 g/mol. The minimum Gasteiger partial charge on any atom is -0.383 e. The maximum absolute atomic E-state index is 6.61. The second kappa shape index (κ2) is 8.00. The van der Waals surface area contributed by atoms with Gasteiger partial charge in [-0.15, -0.1) is 5.10 Å². The summed E-state index contributed by atoms with van der Waals surface area (Å²) in [6, 6.07) is 18.6. The molecule has 1 aliphatic heterocycles. The number of piperazine rings is 1. The van der Waals surface area contributed by atoms with E-state index in [9.17, 15) is 0 Å². The zero-order valence-corrected chi connectivity index (χ0v) is 18.0. The zero-order chi connectivity index (χ0) is 21.4. The van der Waals surface area contributed by atoms with E-state index < -0.39 is 0 Å². The highest BCUT2D eigenvalue weighted by atomic mass is 15.4. The fourth-order valence-corrected chi connectivity index (χ4v) is 4.07. The molecular weight excluding hydrogens is 386 g/mol. The highest BCUT2D eigenvalue weighted by Crippen LogP contribution is 2.33. The first kappa shape index (κ1) is 19.5. The largest absolute Gasteiger partial charge is 0.383 e. The van der Waals surface area contributed by atoms with Gasteiger partial charge in [0.25, 0.3) is 0 Å². The monoisotopic (exact) mass is 413 g/mol. The molecular formula is C24H27N7. The summed E-state index contributed by atoms with van der Waals surface area (Å²) in [5, 5.41) is 5.61. The Morgan fingerprint density at radius 3 is 2.45 bits per heavy atom. The van der Waals surface area contributed by atoms with E-state index in [1.54, 1.807) is 0 Å². The molecule has 158 valence electrons. The molecule has 0 bridgehead atoms. The summed E-state index contributed by atoms with van der Waals surface area (Å²) in [4.78, 5) is 14.4. The number of benzene rings is 2. The standard InChI is InChI=1S/C24H27N7/c1-17-7-6-10-19(15-17)21-20-22(25)31(16-18-8-4-3-5-9-18)28-23(20)27-24(26-21)30-13-11-29(2)12-14-30/h3-10,15H,11-14,16,25H2,1-2H3. The molecule has 2 aromatic heterocycles. The molecule has 0 atom stereocenters. The van der Waals surface area contributed by atoms with Crippen molar-refractivity contribution in [2.24, 2.45) is 0 Å². The van der Waals surface area contributed by atoms with Crippen LogP contribution in [0.15, 0.2) is 54.6 Å². The lowest BCUT2D eigenvalue weighted by Gasteiger charge is -2.32. The van der Waals surface area contributed by atoms with Gasteiger partial charge in [-0.1, -0.05) is 54.1 Å². The van der Waals surface area contributed by atoms with Gasteiger partial charge in [-0.2, -0.15) is 4.98 Å². The molecule has 0 amide bonds. The number of nitrogens with two attached hydrogens (primary N) is 1. The van der Waals surface area contributed by atoms with E-state index in [1.165, 1.54) is 5.56 Å². The van der Waals surface area contributed by atoms with Crippen molar-refractivity contribution >= 4 is 22.8 Å². The van der Waals surface area contributed by atoms with Gasteiger partial charge in [-0.05, 0) is 25.6 Å². The normalized spacial score (nSPS) is 15.0. The van der Waals surface area contributed by atoms with Crippen molar-refractivity contribution in [3.63, 3.8) is 0 Å². The fourth-order valence-electron chi connectivity index (χ4n) is 4.07. The van der Waals surface area contributed by atoms with Crippen LogP contribution in [0.4, 0.5) is 11.8 Å². The Labute approximate surface area is 182 Å². The Hall–Kier alpha value is -3.45. The van der Waals surface area contributed by atoms with E-state index in [0.717, 1.165) is 54.3 Å². The van der Waals surface area contributed by atoms with Gasteiger partial charge in [0.15, 0.2) is 5.65 Å². The molecule has 0 spiro atoms. The second-order valence-electron chi connectivity index (χ2n) is 8.26. The van der Waals surface area contributed by atoms with Gasteiger partial charge >= 0.3 is 0 Å². The zero-order valence-electron chi connectivity index (χ0n) is 18.0. The van der Waals surface area contributed by atoms with Crippen molar-refractivity contribution in [3.8, 4) is 11.3 Å². The Bertz CT molecular complexity index is 1210. The van der Waals surface area contributed by atoms with Crippen molar-refractivity contribution in [2.45, 2.75) is 13.5 Å². The third kappa shape index (κ3) is 3.84. The summed E-state index contributed by atoms with van der Waals surface area (Å²) >= 11 is 0. The minimum absolute atomic E-state index is 0.597. The molecule has 4 aromatic rings. The van der Waals surface area contributed by atoms with Gasteiger partial charge in [0, 0.05) is 31.7 Å². The third-order valence-electron chi connectivity index (χ3n) is 5.88. The van der Waals surface area contributed by atoms with E-state index in [1.807, 2.05) is 22.9 Å². The molecule has 2 aromatic carbocycles. The van der Waals surface area contributed by atoms with Crippen LogP contribution in [0.2, 0.25) is 0 Å². The molecule has 7 nitrogen and oxygen atoms in total. The molecule has 31 heavy (non-hydrogen) atoms. The predicted octanol–water partition coefficient (Wildman–Crippen LogP) is 3.18. The lowest BCUT2D eigenvalue weighted by atomic mass is 10.1. The number of anilines is 2. The van der Waals surface area contributed by atoms with Crippen LogP contribution in [0.25, 0.3) is 22.3 Å². The minimum atomic E-state index is 0.597. The van der Waals surface area contributed by atoms with Crippen LogP contribution in [0.5, 0.6) is 0 Å². The van der Waals surface area contributed by atoms with Crippen LogP contribution in [-0.4, -0.2) is 57.9 Å². The van der Waals surface area contributed by atoms with Crippen molar-refractivity contribution in [1.82, 2.24) is 24.6 Å². The topological polar surface area (TPSA) is 76.1 Å². The Kier molecular flexibility index (Phi) is 5.03. The molecule has 0 unspecified atom stereocenters. The lowest BCUT2D eigenvalue weighted by molar-refractivity contribution is 0.311. The van der Waals surface area contributed by atoms with Crippen LogP contribution in [-0.2, 0) is 6.54 Å².